The Hall–Kier alpha value is -4.19. The fraction of sp³-hybridized carbons (Fsp3) is 0.281. The van der Waals surface area contributed by atoms with Gasteiger partial charge in [0.25, 0.3) is 5.91 Å². The van der Waals surface area contributed by atoms with Crippen molar-refractivity contribution in [2.45, 2.75) is 52.6 Å². The maximum atomic E-state index is 13.4. The van der Waals surface area contributed by atoms with Crippen LogP contribution >= 0.6 is 0 Å². The van der Waals surface area contributed by atoms with Crippen molar-refractivity contribution in [3.63, 3.8) is 0 Å². The van der Waals surface area contributed by atoms with Crippen LogP contribution in [0, 0.1) is 6.92 Å². The number of rotatable bonds is 8. The van der Waals surface area contributed by atoms with Gasteiger partial charge in [0, 0.05) is 23.6 Å². The van der Waals surface area contributed by atoms with Crippen molar-refractivity contribution in [1.82, 2.24) is 10.2 Å². The van der Waals surface area contributed by atoms with Crippen LogP contribution in [0.1, 0.15) is 71.8 Å². The minimum atomic E-state index is -0.406. The van der Waals surface area contributed by atoms with Crippen LogP contribution in [0.5, 0.6) is 0 Å². The van der Waals surface area contributed by atoms with E-state index in [4.69, 9.17) is 4.74 Å². The van der Waals surface area contributed by atoms with Crippen LogP contribution in [0.4, 0.5) is 0 Å². The molecule has 2 amide bonds. The van der Waals surface area contributed by atoms with E-state index >= 15 is 0 Å². The summed E-state index contributed by atoms with van der Waals surface area (Å²) in [6, 6.07) is 24.8. The normalized spacial score (nSPS) is 16.3. The topological polar surface area (TPSA) is 75.7 Å². The van der Waals surface area contributed by atoms with Crippen LogP contribution in [-0.2, 0) is 20.9 Å². The number of amides is 2. The van der Waals surface area contributed by atoms with E-state index in [1.807, 2.05) is 80.6 Å². The molecule has 3 aromatic rings. The highest BCUT2D eigenvalue weighted by atomic mass is 16.5. The highest BCUT2D eigenvalue weighted by Crippen LogP contribution is 2.38. The first kappa shape index (κ1) is 26.9. The molecule has 0 spiro atoms. The Morgan fingerprint density at radius 2 is 1.74 bits per heavy atom. The van der Waals surface area contributed by atoms with Crippen molar-refractivity contribution in [2.75, 3.05) is 6.61 Å². The van der Waals surface area contributed by atoms with Crippen LogP contribution < -0.4 is 5.32 Å². The quantitative estimate of drug-likeness (QED) is 0.387. The molecular weight excluding hydrogens is 476 g/mol. The van der Waals surface area contributed by atoms with Crippen molar-refractivity contribution in [3.8, 4) is 0 Å². The second kappa shape index (κ2) is 11.9. The molecule has 1 aliphatic rings. The van der Waals surface area contributed by atoms with Crippen molar-refractivity contribution >= 4 is 17.8 Å². The second-order valence-electron chi connectivity index (χ2n) is 9.68. The molecule has 6 nitrogen and oxygen atoms in total. The Morgan fingerprint density at radius 1 is 1.00 bits per heavy atom. The number of esters is 1. The third-order valence-electron chi connectivity index (χ3n) is 6.94. The average Bonchev–Trinajstić information content (AvgIpc) is 2.91. The Morgan fingerprint density at radius 3 is 2.45 bits per heavy atom. The van der Waals surface area contributed by atoms with Gasteiger partial charge in [0.1, 0.15) is 0 Å². The summed E-state index contributed by atoms with van der Waals surface area (Å²) in [6.07, 6.45) is 0.170. The molecule has 1 N–H and O–H groups in total. The number of nitrogens with zero attached hydrogens (tertiary/aromatic N) is 1. The first-order valence-corrected chi connectivity index (χ1v) is 13.0. The smallest absolute Gasteiger partial charge is 0.336 e. The van der Waals surface area contributed by atoms with Crippen molar-refractivity contribution in [1.29, 1.82) is 0 Å². The van der Waals surface area contributed by atoms with Gasteiger partial charge in [-0.25, -0.2) is 4.79 Å². The Bertz CT molecular complexity index is 1360. The summed E-state index contributed by atoms with van der Waals surface area (Å²) in [4.78, 5) is 41.1. The number of carbonyl (C=O) groups excluding carboxylic acids is 3. The lowest BCUT2D eigenvalue weighted by Gasteiger charge is -2.34. The zero-order valence-electron chi connectivity index (χ0n) is 22.4. The van der Waals surface area contributed by atoms with Crippen molar-refractivity contribution in [3.05, 3.63) is 118 Å². The van der Waals surface area contributed by atoms with E-state index in [-0.39, 0.29) is 43.3 Å². The molecule has 6 heteroatoms. The minimum Gasteiger partial charge on any atom is -0.463 e. The minimum absolute atomic E-state index is 0.0744. The van der Waals surface area contributed by atoms with Gasteiger partial charge >= 0.3 is 5.97 Å². The number of ether oxygens (including phenoxy) is 1. The van der Waals surface area contributed by atoms with Gasteiger partial charge < -0.3 is 15.0 Å². The molecule has 0 bridgehead atoms. The summed E-state index contributed by atoms with van der Waals surface area (Å²) < 4.78 is 5.40. The van der Waals surface area contributed by atoms with Gasteiger partial charge in [-0.05, 0) is 56.5 Å². The fourth-order valence-electron chi connectivity index (χ4n) is 4.95. The van der Waals surface area contributed by atoms with E-state index < -0.39 is 5.97 Å². The zero-order chi connectivity index (χ0) is 27.2. The standard InChI is InChI=1S/C32H34N2O4/c1-5-38-32(37)30-23(4)34(29(35)19-28(30)26-15-9-11-21(2)17-26)20-24-12-10-16-27(18-24)31(36)33-22(3)25-13-7-6-8-14-25/h6-18,22,28H,5,19-20H2,1-4H3,(H,33,36). The van der Waals surface area contributed by atoms with Crippen LogP contribution in [0.25, 0.3) is 0 Å². The molecule has 2 unspecified atom stereocenters. The van der Waals surface area contributed by atoms with E-state index in [1.54, 1.807) is 30.9 Å². The number of hydrogen-bond donors (Lipinski definition) is 1. The Kier molecular flexibility index (Phi) is 8.41. The monoisotopic (exact) mass is 510 g/mol. The maximum absolute atomic E-state index is 13.4. The highest BCUT2D eigenvalue weighted by molar-refractivity contribution is 5.96. The largest absolute Gasteiger partial charge is 0.463 e. The van der Waals surface area contributed by atoms with Gasteiger partial charge in [0.2, 0.25) is 5.91 Å². The number of nitrogens with one attached hydrogen (secondary N) is 1. The predicted molar refractivity (Wildman–Crippen MR) is 147 cm³/mol. The molecule has 0 saturated carbocycles. The van der Waals surface area contributed by atoms with Gasteiger partial charge in [-0.15, -0.1) is 0 Å². The van der Waals surface area contributed by atoms with E-state index in [1.165, 1.54) is 0 Å². The fourth-order valence-corrected chi connectivity index (χ4v) is 4.95. The summed E-state index contributed by atoms with van der Waals surface area (Å²) in [5.41, 5.74) is 5.41. The molecule has 0 radical (unpaired) electrons. The summed E-state index contributed by atoms with van der Waals surface area (Å²) in [5.74, 6) is -1.03. The van der Waals surface area contributed by atoms with E-state index in [2.05, 4.69) is 5.32 Å². The third kappa shape index (κ3) is 6.02. The van der Waals surface area contributed by atoms with E-state index in [9.17, 15) is 14.4 Å². The molecule has 2 atom stereocenters. The van der Waals surface area contributed by atoms with Crippen LogP contribution in [0.2, 0.25) is 0 Å². The summed E-state index contributed by atoms with van der Waals surface area (Å²) in [5, 5.41) is 3.04. The molecule has 0 saturated heterocycles. The maximum Gasteiger partial charge on any atom is 0.336 e. The molecule has 0 aromatic heterocycles. The first-order valence-electron chi connectivity index (χ1n) is 13.0. The van der Waals surface area contributed by atoms with Crippen LogP contribution in [-0.4, -0.2) is 29.3 Å². The molecule has 1 aliphatic heterocycles. The molecule has 1 heterocycles. The van der Waals surface area contributed by atoms with Crippen LogP contribution in [0.3, 0.4) is 0 Å². The number of hydrogen-bond acceptors (Lipinski definition) is 4. The number of carbonyl (C=O) groups is 3. The highest BCUT2D eigenvalue weighted by Gasteiger charge is 2.37. The summed E-state index contributed by atoms with van der Waals surface area (Å²) in [6.45, 7) is 8.01. The lowest BCUT2D eigenvalue weighted by Crippen LogP contribution is -2.38. The number of benzene rings is 3. The third-order valence-corrected chi connectivity index (χ3v) is 6.94. The summed E-state index contributed by atoms with van der Waals surface area (Å²) in [7, 11) is 0. The van der Waals surface area contributed by atoms with Gasteiger partial charge in [0.15, 0.2) is 0 Å². The molecule has 3 aromatic carbocycles. The van der Waals surface area contributed by atoms with Crippen molar-refractivity contribution in [2.24, 2.45) is 0 Å². The van der Waals surface area contributed by atoms with Gasteiger partial charge in [-0.1, -0.05) is 72.3 Å². The zero-order valence-corrected chi connectivity index (χ0v) is 22.4. The Labute approximate surface area is 224 Å². The predicted octanol–water partition coefficient (Wildman–Crippen LogP) is 5.84. The molecule has 196 valence electrons. The lowest BCUT2D eigenvalue weighted by atomic mass is 9.83. The molecule has 4 rings (SSSR count). The van der Waals surface area contributed by atoms with Crippen molar-refractivity contribution < 1.29 is 19.1 Å². The molecule has 38 heavy (non-hydrogen) atoms. The molecule has 0 fully saturated rings. The number of aryl methyl sites for hydroxylation is 1. The first-order chi connectivity index (χ1) is 18.3. The second-order valence-corrected chi connectivity index (χ2v) is 9.68. The van der Waals surface area contributed by atoms with Gasteiger partial charge in [-0.3, -0.25) is 9.59 Å². The lowest BCUT2D eigenvalue weighted by molar-refractivity contribution is -0.140. The Balaban J connectivity index is 1.59. The van der Waals surface area contributed by atoms with E-state index in [0.29, 0.717) is 16.8 Å². The van der Waals surface area contributed by atoms with Gasteiger partial charge in [0.05, 0.1) is 24.8 Å². The number of allylic oxidation sites excluding steroid dienone is 1. The summed E-state index contributed by atoms with van der Waals surface area (Å²) >= 11 is 0. The average molecular weight is 511 g/mol. The SMILES string of the molecule is CCOC(=O)C1=C(C)N(Cc2cccc(C(=O)NC(C)c3ccccc3)c2)C(=O)CC1c1cccc(C)c1. The molecular formula is C32H34N2O4. The van der Waals surface area contributed by atoms with Crippen LogP contribution in [0.15, 0.2) is 90.1 Å². The van der Waals surface area contributed by atoms with Gasteiger partial charge in [-0.2, -0.15) is 0 Å². The van der Waals surface area contributed by atoms with E-state index in [0.717, 1.165) is 22.3 Å². The molecule has 0 aliphatic carbocycles.